The van der Waals surface area contributed by atoms with Gasteiger partial charge in [-0.1, -0.05) is 39.0 Å². The molecule has 0 aliphatic heterocycles. The van der Waals surface area contributed by atoms with Gasteiger partial charge in [0.05, 0.1) is 0 Å². The molecule has 1 heterocycles. The lowest BCUT2D eigenvalue weighted by Gasteiger charge is -2.14. The van der Waals surface area contributed by atoms with E-state index in [9.17, 15) is 0 Å². The van der Waals surface area contributed by atoms with E-state index in [1.165, 1.54) is 10.9 Å². The molecule has 0 aliphatic rings. The maximum absolute atomic E-state index is 6.32. The molecule has 1 unspecified atom stereocenters. The van der Waals surface area contributed by atoms with E-state index in [0.29, 0.717) is 5.92 Å². The molecule has 2 heteroatoms. The lowest BCUT2D eigenvalue weighted by Crippen LogP contribution is -2.14. The molecule has 1 aromatic carbocycles. The molecule has 2 nitrogen and oxygen atoms in total. The maximum atomic E-state index is 6.32. The van der Waals surface area contributed by atoms with E-state index in [4.69, 9.17) is 10.2 Å². The second-order valence-corrected chi connectivity index (χ2v) is 5.02. The van der Waals surface area contributed by atoms with Crippen LogP contribution in [0.25, 0.3) is 11.0 Å². The highest BCUT2D eigenvalue weighted by Gasteiger charge is 2.19. The van der Waals surface area contributed by atoms with Crippen LogP contribution in [0.2, 0.25) is 0 Å². The molecule has 0 saturated carbocycles. The Hall–Kier alpha value is -1.28. The van der Waals surface area contributed by atoms with Gasteiger partial charge in [0.25, 0.3) is 0 Å². The number of para-hydroxylation sites is 1. The summed E-state index contributed by atoms with van der Waals surface area (Å²) in [5.41, 5.74) is 8.49. The lowest BCUT2D eigenvalue weighted by atomic mass is 9.95. The van der Waals surface area contributed by atoms with Gasteiger partial charge in [0.15, 0.2) is 0 Å². The fourth-order valence-corrected chi connectivity index (χ4v) is 2.41. The van der Waals surface area contributed by atoms with Gasteiger partial charge in [0.1, 0.15) is 11.3 Å². The summed E-state index contributed by atoms with van der Waals surface area (Å²) in [4.78, 5) is 0. The number of rotatable bonds is 4. The van der Waals surface area contributed by atoms with Crippen molar-refractivity contribution in [3.63, 3.8) is 0 Å². The van der Waals surface area contributed by atoms with Crippen molar-refractivity contribution in [3.05, 3.63) is 35.6 Å². The number of nitrogens with two attached hydrogens (primary N) is 1. The Labute approximate surface area is 103 Å². The molecule has 17 heavy (non-hydrogen) atoms. The first-order valence-electron chi connectivity index (χ1n) is 6.39. The van der Waals surface area contributed by atoms with Crippen molar-refractivity contribution in [1.29, 1.82) is 0 Å². The number of hydrogen-bond acceptors (Lipinski definition) is 2. The number of furan rings is 1. The highest BCUT2D eigenvalue weighted by molar-refractivity contribution is 5.82. The van der Waals surface area contributed by atoms with E-state index in [-0.39, 0.29) is 6.04 Å². The summed E-state index contributed by atoms with van der Waals surface area (Å²) < 4.78 is 5.87. The van der Waals surface area contributed by atoms with E-state index in [1.54, 1.807) is 0 Å². The number of aryl methyl sites for hydroxylation is 1. The zero-order valence-electron chi connectivity index (χ0n) is 10.9. The van der Waals surface area contributed by atoms with Gasteiger partial charge in [-0.3, -0.25) is 0 Å². The quantitative estimate of drug-likeness (QED) is 0.862. The lowest BCUT2D eigenvalue weighted by molar-refractivity contribution is 0.490. The minimum atomic E-state index is 0.0774. The second-order valence-electron chi connectivity index (χ2n) is 5.02. The molecule has 2 aromatic rings. The Kier molecular flexibility index (Phi) is 3.53. The van der Waals surface area contributed by atoms with Crippen molar-refractivity contribution in [3.8, 4) is 0 Å². The minimum absolute atomic E-state index is 0.0774. The van der Waals surface area contributed by atoms with Gasteiger partial charge >= 0.3 is 0 Å². The van der Waals surface area contributed by atoms with Crippen LogP contribution in [0.4, 0.5) is 0 Å². The zero-order valence-corrected chi connectivity index (χ0v) is 10.9. The Morgan fingerprint density at radius 3 is 2.59 bits per heavy atom. The fourth-order valence-electron chi connectivity index (χ4n) is 2.41. The second kappa shape index (κ2) is 4.92. The van der Waals surface area contributed by atoms with E-state index < -0.39 is 0 Å². The van der Waals surface area contributed by atoms with E-state index >= 15 is 0 Å². The van der Waals surface area contributed by atoms with Crippen molar-refractivity contribution in [1.82, 2.24) is 0 Å². The summed E-state index contributed by atoms with van der Waals surface area (Å²) in [6.45, 7) is 6.52. The molecule has 0 spiro atoms. The Bertz CT molecular complexity index is 499. The van der Waals surface area contributed by atoms with Crippen molar-refractivity contribution in [2.45, 2.75) is 39.7 Å². The third kappa shape index (κ3) is 2.37. The van der Waals surface area contributed by atoms with Gasteiger partial charge in [-0.2, -0.15) is 0 Å². The molecule has 1 aromatic heterocycles. The first-order valence-corrected chi connectivity index (χ1v) is 6.39. The fraction of sp³-hybridized carbons (Fsp3) is 0.467. The van der Waals surface area contributed by atoms with Crippen LogP contribution in [-0.2, 0) is 6.42 Å². The van der Waals surface area contributed by atoms with Gasteiger partial charge in [0.2, 0.25) is 0 Å². The van der Waals surface area contributed by atoms with E-state index in [1.807, 2.05) is 18.2 Å². The molecule has 1 atom stereocenters. The van der Waals surface area contributed by atoms with Crippen LogP contribution in [0, 0.1) is 5.92 Å². The van der Waals surface area contributed by atoms with Crippen LogP contribution in [0.3, 0.4) is 0 Å². The summed E-state index contributed by atoms with van der Waals surface area (Å²) >= 11 is 0. The van der Waals surface area contributed by atoms with Crippen molar-refractivity contribution in [2.75, 3.05) is 0 Å². The molecule has 0 radical (unpaired) electrons. The summed E-state index contributed by atoms with van der Waals surface area (Å²) in [5.74, 6) is 1.64. The third-order valence-corrected chi connectivity index (χ3v) is 3.13. The molecule has 0 aliphatic carbocycles. The Morgan fingerprint density at radius 2 is 1.94 bits per heavy atom. The van der Waals surface area contributed by atoms with Crippen LogP contribution in [0.15, 0.2) is 28.7 Å². The predicted molar refractivity (Wildman–Crippen MR) is 72.0 cm³/mol. The van der Waals surface area contributed by atoms with Gasteiger partial charge in [-0.05, 0) is 18.4 Å². The van der Waals surface area contributed by atoms with Gasteiger partial charge in [-0.25, -0.2) is 0 Å². The maximum Gasteiger partial charge on any atom is 0.134 e. The number of benzene rings is 1. The Balaban J connectivity index is 2.49. The third-order valence-electron chi connectivity index (χ3n) is 3.13. The standard InChI is InChI=1S/C15H21NO/c1-4-13-15(12(16)9-10(2)3)11-7-5-6-8-14(11)17-13/h5-8,10,12H,4,9,16H2,1-3H3. The average Bonchev–Trinajstić information content (AvgIpc) is 2.66. The largest absolute Gasteiger partial charge is 0.461 e. The molecule has 0 saturated heterocycles. The first kappa shape index (κ1) is 12.2. The smallest absolute Gasteiger partial charge is 0.134 e. The van der Waals surface area contributed by atoms with Crippen LogP contribution in [0.5, 0.6) is 0 Å². The van der Waals surface area contributed by atoms with Crippen molar-refractivity contribution >= 4 is 11.0 Å². The molecule has 0 fully saturated rings. The van der Waals surface area contributed by atoms with Crippen LogP contribution >= 0.6 is 0 Å². The SMILES string of the molecule is CCc1oc2ccccc2c1C(N)CC(C)C. The monoisotopic (exact) mass is 231 g/mol. The molecule has 0 amide bonds. The minimum Gasteiger partial charge on any atom is -0.461 e. The summed E-state index contributed by atoms with van der Waals surface area (Å²) in [5, 5.41) is 1.18. The molecule has 2 N–H and O–H groups in total. The molecule has 92 valence electrons. The zero-order chi connectivity index (χ0) is 12.4. The molecule has 2 rings (SSSR count). The normalized spacial score (nSPS) is 13.5. The van der Waals surface area contributed by atoms with Crippen molar-refractivity contribution in [2.24, 2.45) is 11.7 Å². The summed E-state index contributed by atoms with van der Waals surface area (Å²) in [7, 11) is 0. The summed E-state index contributed by atoms with van der Waals surface area (Å²) in [6, 6.07) is 8.24. The highest BCUT2D eigenvalue weighted by Crippen LogP contribution is 2.32. The number of hydrogen-bond donors (Lipinski definition) is 1. The topological polar surface area (TPSA) is 39.2 Å². The van der Waals surface area contributed by atoms with Gasteiger partial charge in [-0.15, -0.1) is 0 Å². The van der Waals surface area contributed by atoms with Crippen LogP contribution in [-0.4, -0.2) is 0 Å². The Morgan fingerprint density at radius 1 is 1.24 bits per heavy atom. The first-order chi connectivity index (χ1) is 8.13. The molecular formula is C15H21NO. The van der Waals surface area contributed by atoms with E-state index in [0.717, 1.165) is 24.2 Å². The van der Waals surface area contributed by atoms with Crippen LogP contribution < -0.4 is 5.73 Å². The van der Waals surface area contributed by atoms with Gasteiger partial charge in [0, 0.05) is 23.4 Å². The summed E-state index contributed by atoms with van der Waals surface area (Å²) in [6.07, 6.45) is 1.90. The van der Waals surface area contributed by atoms with Gasteiger partial charge < -0.3 is 10.2 Å². The highest BCUT2D eigenvalue weighted by atomic mass is 16.3. The average molecular weight is 231 g/mol. The predicted octanol–water partition coefficient (Wildman–Crippen LogP) is 4.04. The van der Waals surface area contributed by atoms with Crippen LogP contribution in [0.1, 0.15) is 44.6 Å². The molecule has 0 bridgehead atoms. The molecular weight excluding hydrogens is 210 g/mol. The number of fused-ring (bicyclic) bond motifs is 1. The van der Waals surface area contributed by atoms with Crippen molar-refractivity contribution < 1.29 is 4.42 Å². The van der Waals surface area contributed by atoms with E-state index in [2.05, 4.69) is 26.8 Å².